The highest BCUT2D eigenvalue weighted by molar-refractivity contribution is 6.11. The van der Waals surface area contributed by atoms with Crippen LogP contribution in [0.3, 0.4) is 0 Å². The van der Waals surface area contributed by atoms with E-state index >= 15 is 0 Å². The monoisotopic (exact) mass is 528 g/mol. The molecule has 8 rings (SSSR count). The molecule has 5 aromatic carbocycles. The number of rotatable bonds is 4. The third-order valence-corrected chi connectivity index (χ3v) is 8.99. The molecule has 0 fully saturated rings. The number of benzene rings is 5. The minimum atomic E-state index is -0.0527. The smallest absolute Gasteiger partial charge is 0.0542 e. The SMILES string of the molecule is CC1(C)c2ccccc2-c2ccc(N(c3ccccc3)c3ccc4c(c3)c3ccccc3n4C3=CCCC=C3)cc21. The second-order valence-electron chi connectivity index (χ2n) is 11.7. The number of hydrogen-bond donors (Lipinski definition) is 0. The highest BCUT2D eigenvalue weighted by Crippen LogP contribution is 2.50. The number of nitrogens with zero attached hydrogens (tertiary/aromatic N) is 2. The summed E-state index contributed by atoms with van der Waals surface area (Å²) in [5, 5.41) is 2.55. The Morgan fingerprint density at radius 2 is 1.29 bits per heavy atom. The van der Waals surface area contributed by atoms with Gasteiger partial charge < -0.3 is 9.47 Å². The van der Waals surface area contributed by atoms with E-state index in [9.17, 15) is 0 Å². The van der Waals surface area contributed by atoms with E-state index in [2.05, 4.69) is 157 Å². The van der Waals surface area contributed by atoms with Gasteiger partial charge in [-0.1, -0.05) is 92.7 Å². The lowest BCUT2D eigenvalue weighted by Crippen LogP contribution is -2.16. The molecule has 1 heterocycles. The molecule has 0 unspecified atom stereocenters. The molecule has 0 atom stereocenters. The number of hydrogen-bond acceptors (Lipinski definition) is 1. The summed E-state index contributed by atoms with van der Waals surface area (Å²) in [5.74, 6) is 0. The minimum Gasteiger partial charge on any atom is -0.310 e. The standard InChI is InChI=1S/C39H32N2/c1-39(2)35-19-11-9-17-31(35)32-23-21-30(26-36(32)39)40(27-13-5-3-6-14-27)29-22-24-38-34(25-29)33-18-10-12-20-37(33)41(38)28-15-7-4-8-16-28/h3,5-7,9-26H,4,8H2,1-2H3. The molecule has 0 saturated heterocycles. The van der Waals surface area contributed by atoms with E-state index in [-0.39, 0.29) is 5.41 Å². The van der Waals surface area contributed by atoms with Crippen LogP contribution in [0.5, 0.6) is 0 Å². The van der Waals surface area contributed by atoms with Gasteiger partial charge in [-0.05, 0) is 89.7 Å². The van der Waals surface area contributed by atoms with Crippen molar-refractivity contribution in [3.63, 3.8) is 0 Å². The Labute approximate surface area is 241 Å². The van der Waals surface area contributed by atoms with Crippen molar-refractivity contribution in [1.82, 2.24) is 4.57 Å². The first kappa shape index (κ1) is 24.0. The lowest BCUT2D eigenvalue weighted by molar-refractivity contribution is 0.660. The van der Waals surface area contributed by atoms with Gasteiger partial charge in [0.2, 0.25) is 0 Å². The average molecular weight is 529 g/mol. The van der Waals surface area contributed by atoms with Gasteiger partial charge in [-0.25, -0.2) is 0 Å². The van der Waals surface area contributed by atoms with Crippen molar-refractivity contribution in [1.29, 1.82) is 0 Å². The van der Waals surface area contributed by atoms with Crippen LogP contribution in [0.25, 0.3) is 38.6 Å². The van der Waals surface area contributed by atoms with Crippen LogP contribution in [0.4, 0.5) is 17.1 Å². The van der Waals surface area contributed by atoms with Crippen LogP contribution in [0.15, 0.2) is 133 Å². The van der Waals surface area contributed by atoms with Gasteiger partial charge in [-0.15, -0.1) is 0 Å². The Kier molecular flexibility index (Phi) is 5.33. The molecule has 0 bridgehead atoms. The molecule has 2 heteroatoms. The maximum atomic E-state index is 2.42. The zero-order valence-corrected chi connectivity index (χ0v) is 23.5. The lowest BCUT2D eigenvalue weighted by Gasteiger charge is -2.28. The molecular weight excluding hydrogens is 496 g/mol. The van der Waals surface area contributed by atoms with Gasteiger partial charge in [0.05, 0.1) is 11.0 Å². The van der Waals surface area contributed by atoms with Crippen molar-refractivity contribution in [2.75, 3.05) is 4.90 Å². The maximum absolute atomic E-state index is 2.42. The van der Waals surface area contributed by atoms with Crippen LogP contribution in [0.1, 0.15) is 37.8 Å². The van der Waals surface area contributed by atoms with Crippen molar-refractivity contribution >= 4 is 44.6 Å². The molecule has 0 radical (unpaired) electrons. The largest absolute Gasteiger partial charge is 0.310 e. The number of aromatic nitrogens is 1. The Balaban J connectivity index is 1.34. The van der Waals surface area contributed by atoms with Crippen LogP contribution < -0.4 is 4.90 Å². The fourth-order valence-electron chi connectivity index (χ4n) is 7.00. The van der Waals surface area contributed by atoms with E-state index in [1.54, 1.807) is 0 Å². The summed E-state index contributed by atoms with van der Waals surface area (Å²) in [6, 6.07) is 42.4. The van der Waals surface area contributed by atoms with E-state index in [1.165, 1.54) is 55.4 Å². The van der Waals surface area contributed by atoms with E-state index in [4.69, 9.17) is 0 Å². The van der Waals surface area contributed by atoms with Crippen molar-refractivity contribution in [2.45, 2.75) is 32.1 Å². The fraction of sp³-hybridized carbons (Fsp3) is 0.128. The molecule has 41 heavy (non-hydrogen) atoms. The van der Waals surface area contributed by atoms with Crippen LogP contribution in [0, 0.1) is 0 Å². The van der Waals surface area contributed by atoms with E-state index in [0.29, 0.717) is 0 Å². The summed E-state index contributed by atoms with van der Waals surface area (Å²) < 4.78 is 2.42. The van der Waals surface area contributed by atoms with Gasteiger partial charge in [0.1, 0.15) is 0 Å². The Hall–Kier alpha value is -4.82. The molecule has 0 spiro atoms. The third kappa shape index (κ3) is 3.64. The van der Waals surface area contributed by atoms with Gasteiger partial charge in [-0.2, -0.15) is 0 Å². The zero-order chi connectivity index (χ0) is 27.6. The number of anilines is 3. The third-order valence-electron chi connectivity index (χ3n) is 8.99. The number of allylic oxidation sites excluding steroid dienone is 4. The molecule has 2 aliphatic carbocycles. The Bertz CT molecular complexity index is 2020. The molecule has 0 amide bonds. The summed E-state index contributed by atoms with van der Waals surface area (Å²) in [4.78, 5) is 2.41. The Morgan fingerprint density at radius 3 is 2.15 bits per heavy atom. The van der Waals surface area contributed by atoms with Gasteiger partial charge in [0.25, 0.3) is 0 Å². The molecule has 6 aromatic rings. The van der Waals surface area contributed by atoms with Gasteiger partial charge in [-0.3, -0.25) is 0 Å². The average Bonchev–Trinajstić information content (AvgIpc) is 3.47. The van der Waals surface area contributed by atoms with Crippen LogP contribution in [0.2, 0.25) is 0 Å². The van der Waals surface area contributed by atoms with Gasteiger partial charge >= 0.3 is 0 Å². The Morgan fingerprint density at radius 1 is 0.585 bits per heavy atom. The fourth-order valence-corrected chi connectivity index (χ4v) is 7.00. The molecule has 2 aliphatic rings. The highest BCUT2D eigenvalue weighted by Gasteiger charge is 2.35. The molecule has 198 valence electrons. The van der Waals surface area contributed by atoms with Crippen LogP contribution in [-0.2, 0) is 5.41 Å². The minimum absolute atomic E-state index is 0.0527. The van der Waals surface area contributed by atoms with Crippen molar-refractivity contribution < 1.29 is 0 Å². The summed E-state index contributed by atoms with van der Waals surface area (Å²) in [6.07, 6.45) is 9.11. The topological polar surface area (TPSA) is 8.17 Å². The predicted molar refractivity (Wildman–Crippen MR) is 174 cm³/mol. The van der Waals surface area contributed by atoms with Crippen molar-refractivity contribution in [2.24, 2.45) is 0 Å². The van der Waals surface area contributed by atoms with Crippen molar-refractivity contribution in [3.05, 3.63) is 145 Å². The van der Waals surface area contributed by atoms with Crippen LogP contribution in [-0.4, -0.2) is 4.57 Å². The zero-order valence-electron chi connectivity index (χ0n) is 23.5. The van der Waals surface area contributed by atoms with E-state index < -0.39 is 0 Å². The number of fused-ring (bicyclic) bond motifs is 6. The van der Waals surface area contributed by atoms with E-state index in [0.717, 1.165) is 24.2 Å². The second-order valence-corrected chi connectivity index (χ2v) is 11.7. The summed E-state index contributed by atoms with van der Waals surface area (Å²) in [6.45, 7) is 4.70. The van der Waals surface area contributed by atoms with Gasteiger partial charge in [0, 0.05) is 38.9 Å². The first-order valence-corrected chi connectivity index (χ1v) is 14.6. The highest BCUT2D eigenvalue weighted by atomic mass is 15.1. The summed E-state index contributed by atoms with van der Waals surface area (Å²) >= 11 is 0. The summed E-state index contributed by atoms with van der Waals surface area (Å²) in [5.41, 5.74) is 12.7. The summed E-state index contributed by atoms with van der Waals surface area (Å²) in [7, 11) is 0. The van der Waals surface area contributed by atoms with Crippen molar-refractivity contribution in [3.8, 4) is 11.1 Å². The van der Waals surface area contributed by atoms with Gasteiger partial charge in [0.15, 0.2) is 0 Å². The number of para-hydroxylation sites is 2. The molecule has 0 N–H and O–H groups in total. The molecule has 0 aliphatic heterocycles. The molecule has 0 saturated carbocycles. The first-order chi connectivity index (χ1) is 20.1. The quantitative estimate of drug-likeness (QED) is 0.221. The lowest BCUT2D eigenvalue weighted by atomic mass is 9.82. The maximum Gasteiger partial charge on any atom is 0.0542 e. The van der Waals surface area contributed by atoms with Crippen LogP contribution >= 0.6 is 0 Å². The molecule has 2 nitrogen and oxygen atoms in total. The molecule has 1 aromatic heterocycles. The first-order valence-electron chi connectivity index (χ1n) is 14.6. The predicted octanol–water partition coefficient (Wildman–Crippen LogP) is 10.8. The van der Waals surface area contributed by atoms with E-state index in [1.807, 2.05) is 0 Å². The molecular formula is C39H32N2. The normalized spacial score (nSPS) is 15.1. The second kappa shape index (κ2) is 9.11.